The number of rotatable bonds is 3. The molecule has 2 N–H and O–H groups in total. The second kappa shape index (κ2) is 4.01. The Kier molecular flexibility index (Phi) is 2.36. The van der Waals surface area contributed by atoms with E-state index in [9.17, 15) is 0 Å². The minimum absolute atomic E-state index is 0.165. The molecular formula is C12H13N3O2. The van der Waals surface area contributed by atoms with Gasteiger partial charge in [-0.05, 0) is 25.1 Å². The molecule has 0 amide bonds. The highest BCUT2D eigenvalue weighted by Gasteiger charge is 2.14. The van der Waals surface area contributed by atoms with E-state index in [2.05, 4.69) is 22.4 Å². The molecule has 1 unspecified atom stereocenters. The van der Waals surface area contributed by atoms with Crippen LogP contribution in [0.1, 0.15) is 18.7 Å². The lowest BCUT2D eigenvalue weighted by atomic mass is 10.2. The third kappa shape index (κ3) is 1.91. The maximum Gasteiger partial charge on any atom is 0.231 e. The van der Waals surface area contributed by atoms with Crippen molar-refractivity contribution in [2.24, 2.45) is 0 Å². The van der Waals surface area contributed by atoms with Crippen molar-refractivity contribution in [1.29, 1.82) is 0 Å². The van der Waals surface area contributed by atoms with Crippen molar-refractivity contribution in [2.45, 2.75) is 13.0 Å². The first-order valence-corrected chi connectivity index (χ1v) is 5.48. The molecule has 0 aliphatic carbocycles. The number of fused-ring (bicyclic) bond motifs is 1. The zero-order valence-electron chi connectivity index (χ0n) is 9.43. The van der Waals surface area contributed by atoms with Crippen molar-refractivity contribution < 1.29 is 9.47 Å². The lowest BCUT2D eigenvalue weighted by Crippen LogP contribution is -2.06. The van der Waals surface area contributed by atoms with Crippen molar-refractivity contribution in [3.8, 4) is 11.5 Å². The van der Waals surface area contributed by atoms with Crippen LogP contribution in [-0.2, 0) is 0 Å². The highest BCUT2D eigenvalue weighted by molar-refractivity contribution is 5.56. The van der Waals surface area contributed by atoms with Crippen LogP contribution in [0.25, 0.3) is 0 Å². The predicted molar refractivity (Wildman–Crippen MR) is 63.2 cm³/mol. The molecule has 0 saturated carbocycles. The summed E-state index contributed by atoms with van der Waals surface area (Å²) < 4.78 is 10.6. The second-order valence-electron chi connectivity index (χ2n) is 3.95. The van der Waals surface area contributed by atoms with Gasteiger partial charge in [0.15, 0.2) is 11.5 Å². The average molecular weight is 231 g/mol. The summed E-state index contributed by atoms with van der Waals surface area (Å²) in [6.45, 7) is 2.37. The lowest BCUT2D eigenvalue weighted by molar-refractivity contribution is 0.174. The minimum atomic E-state index is 0.165. The first kappa shape index (κ1) is 10.0. The molecule has 2 aromatic rings. The van der Waals surface area contributed by atoms with Gasteiger partial charge in [0.2, 0.25) is 6.79 Å². The monoisotopic (exact) mass is 231 g/mol. The van der Waals surface area contributed by atoms with E-state index in [4.69, 9.17) is 9.47 Å². The maximum atomic E-state index is 5.33. The van der Waals surface area contributed by atoms with Gasteiger partial charge in [-0.15, -0.1) is 0 Å². The fourth-order valence-electron chi connectivity index (χ4n) is 1.82. The first-order chi connectivity index (χ1) is 8.33. The Balaban J connectivity index is 1.77. The molecule has 1 aromatic heterocycles. The molecule has 0 spiro atoms. The normalized spacial score (nSPS) is 14.6. The Bertz CT molecular complexity index is 510. The van der Waals surface area contributed by atoms with E-state index in [-0.39, 0.29) is 6.04 Å². The number of hydrogen-bond donors (Lipinski definition) is 2. The quantitative estimate of drug-likeness (QED) is 0.851. The molecule has 0 radical (unpaired) electrons. The van der Waals surface area contributed by atoms with Crippen LogP contribution < -0.4 is 14.8 Å². The molecule has 1 aliphatic heterocycles. The van der Waals surface area contributed by atoms with E-state index in [0.717, 1.165) is 22.9 Å². The molecule has 0 saturated heterocycles. The zero-order chi connectivity index (χ0) is 11.7. The number of hydrogen-bond acceptors (Lipinski definition) is 4. The lowest BCUT2D eigenvalue weighted by Gasteiger charge is -2.13. The fourth-order valence-corrected chi connectivity index (χ4v) is 1.82. The topological polar surface area (TPSA) is 59.2 Å². The largest absolute Gasteiger partial charge is 0.454 e. The van der Waals surface area contributed by atoms with Crippen LogP contribution in [0.2, 0.25) is 0 Å². The van der Waals surface area contributed by atoms with Crippen LogP contribution in [0, 0.1) is 0 Å². The number of aromatic nitrogens is 2. The smallest absolute Gasteiger partial charge is 0.231 e. The number of H-pyrrole nitrogens is 1. The van der Waals surface area contributed by atoms with Gasteiger partial charge in [0.1, 0.15) is 0 Å². The molecular weight excluding hydrogens is 218 g/mol. The Hall–Kier alpha value is -2.17. The molecule has 2 heterocycles. The summed E-state index contributed by atoms with van der Waals surface area (Å²) in [6, 6.07) is 7.93. The van der Waals surface area contributed by atoms with Gasteiger partial charge in [0.25, 0.3) is 0 Å². The summed E-state index contributed by atoms with van der Waals surface area (Å²) in [6.07, 6.45) is 1.74. The molecule has 1 atom stereocenters. The molecule has 17 heavy (non-hydrogen) atoms. The summed E-state index contributed by atoms with van der Waals surface area (Å²) in [5.41, 5.74) is 2.04. The third-order valence-corrected chi connectivity index (χ3v) is 2.74. The standard InChI is InChI=1S/C12H13N3O2/c1-8(10-4-5-13-15-10)14-9-2-3-11-12(6-9)17-7-16-11/h2-6,8,14H,7H2,1H3,(H,13,15). The Labute approximate surface area is 98.8 Å². The summed E-state index contributed by atoms with van der Waals surface area (Å²) in [4.78, 5) is 0. The van der Waals surface area contributed by atoms with Crippen molar-refractivity contribution in [2.75, 3.05) is 12.1 Å². The molecule has 5 heteroatoms. The number of aromatic amines is 1. The SMILES string of the molecule is CC(Nc1ccc2c(c1)OCO2)c1ccn[nH]1. The number of anilines is 1. The van der Waals surface area contributed by atoms with Gasteiger partial charge in [-0.2, -0.15) is 5.10 Å². The molecule has 0 bridgehead atoms. The Morgan fingerprint density at radius 2 is 2.18 bits per heavy atom. The molecule has 88 valence electrons. The van der Waals surface area contributed by atoms with Crippen LogP contribution >= 0.6 is 0 Å². The Morgan fingerprint density at radius 1 is 1.29 bits per heavy atom. The van der Waals surface area contributed by atoms with Crippen LogP contribution in [-0.4, -0.2) is 17.0 Å². The summed E-state index contributed by atoms with van der Waals surface area (Å²) >= 11 is 0. The van der Waals surface area contributed by atoms with Crippen molar-refractivity contribution in [3.63, 3.8) is 0 Å². The van der Waals surface area contributed by atoms with Gasteiger partial charge in [-0.3, -0.25) is 5.10 Å². The second-order valence-corrected chi connectivity index (χ2v) is 3.95. The fraction of sp³-hybridized carbons (Fsp3) is 0.250. The van der Waals surface area contributed by atoms with Gasteiger partial charge in [0, 0.05) is 18.0 Å². The van der Waals surface area contributed by atoms with Crippen molar-refractivity contribution in [3.05, 3.63) is 36.2 Å². The summed E-state index contributed by atoms with van der Waals surface area (Å²) in [7, 11) is 0. The Morgan fingerprint density at radius 3 is 3.00 bits per heavy atom. The third-order valence-electron chi connectivity index (χ3n) is 2.74. The van der Waals surface area contributed by atoms with Crippen molar-refractivity contribution >= 4 is 5.69 Å². The number of nitrogens with one attached hydrogen (secondary N) is 2. The molecule has 1 aliphatic rings. The number of benzene rings is 1. The van der Waals surface area contributed by atoms with Crippen LogP contribution in [0.5, 0.6) is 11.5 Å². The average Bonchev–Trinajstić information content (AvgIpc) is 2.99. The zero-order valence-corrected chi connectivity index (χ0v) is 9.43. The summed E-state index contributed by atoms with van der Waals surface area (Å²) in [5, 5.41) is 10.2. The van der Waals surface area contributed by atoms with E-state index in [0.29, 0.717) is 6.79 Å². The van der Waals surface area contributed by atoms with Gasteiger partial charge in [-0.1, -0.05) is 0 Å². The number of nitrogens with zero attached hydrogens (tertiary/aromatic N) is 1. The van der Waals surface area contributed by atoms with Gasteiger partial charge in [0.05, 0.1) is 11.7 Å². The predicted octanol–water partition coefficient (Wildman–Crippen LogP) is 2.31. The molecule has 5 nitrogen and oxygen atoms in total. The summed E-state index contributed by atoms with van der Waals surface area (Å²) in [5.74, 6) is 1.58. The highest BCUT2D eigenvalue weighted by atomic mass is 16.7. The highest BCUT2D eigenvalue weighted by Crippen LogP contribution is 2.34. The van der Waals surface area contributed by atoms with Gasteiger partial charge in [-0.25, -0.2) is 0 Å². The minimum Gasteiger partial charge on any atom is -0.454 e. The van der Waals surface area contributed by atoms with Crippen LogP contribution in [0.4, 0.5) is 5.69 Å². The van der Waals surface area contributed by atoms with E-state index in [1.807, 2.05) is 24.3 Å². The molecule has 0 fully saturated rings. The van der Waals surface area contributed by atoms with Crippen LogP contribution in [0.15, 0.2) is 30.5 Å². The van der Waals surface area contributed by atoms with E-state index in [1.54, 1.807) is 6.20 Å². The first-order valence-electron chi connectivity index (χ1n) is 5.48. The van der Waals surface area contributed by atoms with E-state index >= 15 is 0 Å². The molecule has 3 rings (SSSR count). The van der Waals surface area contributed by atoms with Gasteiger partial charge >= 0.3 is 0 Å². The van der Waals surface area contributed by atoms with E-state index < -0.39 is 0 Å². The van der Waals surface area contributed by atoms with Gasteiger partial charge < -0.3 is 14.8 Å². The maximum absolute atomic E-state index is 5.33. The molecule has 1 aromatic carbocycles. The van der Waals surface area contributed by atoms with Crippen molar-refractivity contribution in [1.82, 2.24) is 10.2 Å². The number of ether oxygens (including phenoxy) is 2. The van der Waals surface area contributed by atoms with Crippen LogP contribution in [0.3, 0.4) is 0 Å². The van der Waals surface area contributed by atoms with E-state index in [1.165, 1.54) is 0 Å².